The van der Waals surface area contributed by atoms with Crippen LogP contribution in [-0.2, 0) is 11.2 Å². The second-order valence-corrected chi connectivity index (χ2v) is 7.98. The van der Waals surface area contributed by atoms with Gasteiger partial charge in [-0.25, -0.2) is 0 Å². The number of amides is 2. The van der Waals surface area contributed by atoms with E-state index in [9.17, 15) is 9.59 Å². The lowest BCUT2D eigenvalue weighted by atomic mass is 10.1. The van der Waals surface area contributed by atoms with Gasteiger partial charge in [-0.15, -0.1) is 0 Å². The Kier molecular flexibility index (Phi) is 6.57. The molecule has 0 atom stereocenters. The van der Waals surface area contributed by atoms with Crippen molar-refractivity contribution in [1.29, 1.82) is 0 Å². The van der Waals surface area contributed by atoms with Crippen LogP contribution in [0, 0.1) is 13.8 Å². The van der Waals surface area contributed by atoms with Gasteiger partial charge in [0.2, 0.25) is 5.91 Å². The van der Waals surface area contributed by atoms with E-state index in [4.69, 9.17) is 0 Å². The predicted molar refractivity (Wildman–Crippen MR) is 117 cm³/mol. The van der Waals surface area contributed by atoms with Crippen LogP contribution in [0.1, 0.15) is 33.5 Å². The number of rotatable bonds is 5. The molecule has 154 valence electrons. The molecule has 1 heterocycles. The van der Waals surface area contributed by atoms with E-state index in [1.54, 1.807) is 19.0 Å². The summed E-state index contributed by atoms with van der Waals surface area (Å²) < 4.78 is 0. The van der Waals surface area contributed by atoms with Gasteiger partial charge >= 0.3 is 0 Å². The van der Waals surface area contributed by atoms with Crippen molar-refractivity contribution < 1.29 is 9.59 Å². The molecule has 0 unspecified atom stereocenters. The maximum Gasteiger partial charge on any atom is 0.253 e. The molecule has 2 aromatic carbocycles. The number of benzene rings is 2. The van der Waals surface area contributed by atoms with Crippen LogP contribution in [0.15, 0.2) is 42.5 Å². The number of anilines is 1. The SMILES string of the molecule is Cc1cccc(N2CCN(C(=O)CCc3ccc(C(=O)N(C)C)cc3)CC2)c1C. The second kappa shape index (κ2) is 9.12. The third-order valence-electron chi connectivity index (χ3n) is 5.78. The van der Waals surface area contributed by atoms with Crippen molar-refractivity contribution in [3.8, 4) is 0 Å². The fourth-order valence-corrected chi connectivity index (χ4v) is 3.76. The zero-order valence-electron chi connectivity index (χ0n) is 17.9. The first-order valence-electron chi connectivity index (χ1n) is 10.3. The van der Waals surface area contributed by atoms with Gasteiger partial charge in [-0.1, -0.05) is 24.3 Å². The second-order valence-electron chi connectivity index (χ2n) is 7.98. The van der Waals surface area contributed by atoms with Gasteiger partial charge in [0.25, 0.3) is 5.91 Å². The summed E-state index contributed by atoms with van der Waals surface area (Å²) in [7, 11) is 3.49. The molecule has 29 heavy (non-hydrogen) atoms. The first kappa shape index (κ1) is 20.9. The Balaban J connectivity index is 1.50. The maximum absolute atomic E-state index is 12.6. The summed E-state index contributed by atoms with van der Waals surface area (Å²) in [6.07, 6.45) is 1.21. The Labute approximate surface area is 173 Å². The zero-order valence-corrected chi connectivity index (χ0v) is 17.9. The molecule has 5 nitrogen and oxygen atoms in total. The lowest BCUT2D eigenvalue weighted by Crippen LogP contribution is -2.49. The average Bonchev–Trinajstić information content (AvgIpc) is 2.74. The van der Waals surface area contributed by atoms with Crippen LogP contribution >= 0.6 is 0 Å². The highest BCUT2D eigenvalue weighted by Gasteiger charge is 2.22. The number of aryl methyl sites for hydroxylation is 2. The first-order valence-corrected chi connectivity index (χ1v) is 10.3. The van der Waals surface area contributed by atoms with E-state index in [1.165, 1.54) is 16.8 Å². The molecular formula is C24H31N3O2. The van der Waals surface area contributed by atoms with Crippen LogP contribution in [0.4, 0.5) is 5.69 Å². The molecule has 1 aliphatic heterocycles. The van der Waals surface area contributed by atoms with Crippen LogP contribution in [0.2, 0.25) is 0 Å². The number of piperazine rings is 1. The Morgan fingerprint density at radius 3 is 2.21 bits per heavy atom. The van der Waals surface area contributed by atoms with Crippen molar-refractivity contribution in [3.63, 3.8) is 0 Å². The lowest BCUT2D eigenvalue weighted by molar-refractivity contribution is -0.131. The fraction of sp³-hybridized carbons (Fsp3) is 0.417. The van der Waals surface area contributed by atoms with E-state index < -0.39 is 0 Å². The quantitative estimate of drug-likeness (QED) is 0.783. The molecule has 0 saturated carbocycles. The standard InChI is InChI=1S/C24H31N3O2/c1-18-6-5-7-22(19(18)2)26-14-16-27(17-15-26)23(28)13-10-20-8-11-21(12-9-20)24(29)25(3)4/h5-9,11-12H,10,13-17H2,1-4H3. The van der Waals surface area contributed by atoms with Crippen LogP contribution in [0.5, 0.6) is 0 Å². The molecule has 0 radical (unpaired) electrons. The Bertz CT molecular complexity index is 866. The molecule has 2 aromatic rings. The van der Waals surface area contributed by atoms with Gasteiger partial charge in [0, 0.05) is 57.9 Å². The normalized spacial score (nSPS) is 14.1. The van der Waals surface area contributed by atoms with E-state index in [0.717, 1.165) is 31.7 Å². The number of hydrogen-bond donors (Lipinski definition) is 0. The average molecular weight is 394 g/mol. The van der Waals surface area contributed by atoms with Gasteiger partial charge in [0.15, 0.2) is 0 Å². The molecule has 1 aliphatic rings. The van der Waals surface area contributed by atoms with Gasteiger partial charge in [-0.05, 0) is 55.2 Å². The van der Waals surface area contributed by atoms with Gasteiger partial charge in [-0.2, -0.15) is 0 Å². The minimum absolute atomic E-state index is 0.00524. The van der Waals surface area contributed by atoms with Gasteiger partial charge in [-0.3, -0.25) is 9.59 Å². The highest BCUT2D eigenvalue weighted by molar-refractivity contribution is 5.93. The van der Waals surface area contributed by atoms with E-state index in [-0.39, 0.29) is 11.8 Å². The van der Waals surface area contributed by atoms with Crippen LogP contribution < -0.4 is 4.90 Å². The summed E-state index contributed by atoms with van der Waals surface area (Å²) in [5, 5.41) is 0. The lowest BCUT2D eigenvalue weighted by Gasteiger charge is -2.37. The van der Waals surface area contributed by atoms with E-state index >= 15 is 0 Å². The molecule has 1 saturated heterocycles. The molecule has 0 aliphatic carbocycles. The molecule has 5 heteroatoms. The van der Waals surface area contributed by atoms with Gasteiger partial charge < -0.3 is 14.7 Å². The molecule has 3 rings (SSSR count). The first-order chi connectivity index (χ1) is 13.9. The third kappa shape index (κ3) is 4.97. The zero-order chi connectivity index (χ0) is 21.0. The fourth-order valence-electron chi connectivity index (χ4n) is 3.76. The van der Waals surface area contributed by atoms with Gasteiger partial charge in [0.1, 0.15) is 0 Å². The van der Waals surface area contributed by atoms with Crippen LogP contribution in [0.25, 0.3) is 0 Å². The summed E-state index contributed by atoms with van der Waals surface area (Å²) in [6, 6.07) is 14.0. The number of hydrogen-bond acceptors (Lipinski definition) is 3. The molecular weight excluding hydrogens is 362 g/mol. The molecule has 0 N–H and O–H groups in total. The number of nitrogens with zero attached hydrogens (tertiary/aromatic N) is 3. The summed E-state index contributed by atoms with van der Waals surface area (Å²) in [5.41, 5.74) is 5.67. The monoisotopic (exact) mass is 393 g/mol. The minimum atomic E-state index is -0.00524. The number of carbonyl (C=O) groups excluding carboxylic acids is 2. The topological polar surface area (TPSA) is 43.9 Å². The van der Waals surface area contributed by atoms with Crippen molar-refractivity contribution in [3.05, 3.63) is 64.7 Å². The molecule has 0 spiro atoms. The number of carbonyl (C=O) groups is 2. The van der Waals surface area contributed by atoms with E-state index in [2.05, 4.69) is 36.9 Å². The largest absolute Gasteiger partial charge is 0.368 e. The molecule has 0 bridgehead atoms. The Hall–Kier alpha value is -2.82. The smallest absolute Gasteiger partial charge is 0.253 e. The van der Waals surface area contributed by atoms with E-state index in [1.807, 2.05) is 29.2 Å². The van der Waals surface area contributed by atoms with Crippen molar-refractivity contribution in [1.82, 2.24) is 9.80 Å². The highest BCUT2D eigenvalue weighted by atomic mass is 16.2. The van der Waals surface area contributed by atoms with Crippen LogP contribution in [0.3, 0.4) is 0 Å². The summed E-state index contributed by atoms with van der Waals surface area (Å²) in [6.45, 7) is 7.58. The minimum Gasteiger partial charge on any atom is -0.368 e. The Morgan fingerprint density at radius 2 is 1.59 bits per heavy atom. The maximum atomic E-state index is 12.6. The summed E-state index contributed by atoms with van der Waals surface area (Å²) in [4.78, 5) is 30.5. The third-order valence-corrected chi connectivity index (χ3v) is 5.78. The van der Waals surface area contributed by atoms with E-state index in [0.29, 0.717) is 18.4 Å². The summed E-state index contributed by atoms with van der Waals surface area (Å²) >= 11 is 0. The molecule has 2 amide bonds. The summed E-state index contributed by atoms with van der Waals surface area (Å²) in [5.74, 6) is 0.202. The Morgan fingerprint density at radius 1 is 0.931 bits per heavy atom. The molecule has 1 fully saturated rings. The van der Waals surface area contributed by atoms with Crippen LogP contribution in [-0.4, -0.2) is 61.9 Å². The highest BCUT2D eigenvalue weighted by Crippen LogP contribution is 2.24. The predicted octanol–water partition coefficient (Wildman–Crippen LogP) is 3.29. The van der Waals surface area contributed by atoms with Crippen molar-refractivity contribution in [2.75, 3.05) is 45.2 Å². The van der Waals surface area contributed by atoms with Crippen molar-refractivity contribution in [2.45, 2.75) is 26.7 Å². The molecule has 0 aromatic heterocycles. The van der Waals surface area contributed by atoms with Crippen molar-refractivity contribution >= 4 is 17.5 Å². The van der Waals surface area contributed by atoms with Crippen molar-refractivity contribution in [2.24, 2.45) is 0 Å². The van der Waals surface area contributed by atoms with Gasteiger partial charge in [0.05, 0.1) is 0 Å².